The lowest BCUT2D eigenvalue weighted by atomic mass is 10.2. The van der Waals surface area contributed by atoms with Crippen molar-refractivity contribution in [2.45, 2.75) is 37.4 Å². The number of aromatic nitrogens is 2. The van der Waals surface area contributed by atoms with Crippen LogP contribution in [0.1, 0.15) is 26.2 Å². The minimum Gasteiger partial charge on any atom is -0.328 e. The van der Waals surface area contributed by atoms with Crippen LogP contribution in [0.25, 0.3) is 0 Å². The van der Waals surface area contributed by atoms with Crippen LogP contribution in [-0.4, -0.2) is 21.8 Å². The van der Waals surface area contributed by atoms with Crippen molar-refractivity contribution in [2.75, 3.05) is 5.75 Å². The lowest BCUT2D eigenvalue weighted by molar-refractivity contribution is 0.618. The van der Waals surface area contributed by atoms with E-state index in [1.165, 1.54) is 12.3 Å². The minimum absolute atomic E-state index is 0.0944. The van der Waals surface area contributed by atoms with Gasteiger partial charge < -0.3 is 10.7 Å². The predicted molar refractivity (Wildman–Crippen MR) is 63.1 cm³/mol. The van der Waals surface area contributed by atoms with E-state index in [1.807, 2.05) is 6.92 Å². The fourth-order valence-electron chi connectivity index (χ4n) is 1.16. The summed E-state index contributed by atoms with van der Waals surface area (Å²) in [4.78, 5) is 17.7. The zero-order valence-electron chi connectivity index (χ0n) is 8.90. The maximum atomic E-state index is 10.9. The van der Waals surface area contributed by atoms with Gasteiger partial charge >= 0.3 is 0 Å². The third kappa shape index (κ3) is 5.59. The van der Waals surface area contributed by atoms with E-state index >= 15 is 0 Å². The third-order valence-corrected chi connectivity index (χ3v) is 2.91. The second-order valence-corrected chi connectivity index (χ2v) is 4.64. The molecule has 1 heterocycles. The van der Waals surface area contributed by atoms with Crippen molar-refractivity contribution < 1.29 is 0 Å². The molecule has 3 N–H and O–H groups in total. The van der Waals surface area contributed by atoms with Crippen LogP contribution in [-0.2, 0) is 0 Å². The lowest BCUT2D eigenvalue weighted by Gasteiger charge is -2.03. The van der Waals surface area contributed by atoms with Crippen molar-refractivity contribution in [1.29, 1.82) is 0 Å². The average molecular weight is 227 g/mol. The van der Waals surface area contributed by atoms with Crippen molar-refractivity contribution in [3.8, 4) is 0 Å². The summed E-state index contributed by atoms with van der Waals surface area (Å²) in [6.07, 6.45) is 4.81. The first kappa shape index (κ1) is 12.3. The molecule has 0 aliphatic heterocycles. The monoisotopic (exact) mass is 227 g/mol. The van der Waals surface area contributed by atoms with E-state index < -0.39 is 0 Å². The first-order chi connectivity index (χ1) is 7.18. The number of unbranched alkanes of at least 4 members (excludes halogenated alkanes) is 1. The molecule has 84 valence electrons. The fraction of sp³-hybridized carbons (Fsp3) is 0.600. The Morgan fingerprint density at radius 1 is 1.60 bits per heavy atom. The quantitative estimate of drug-likeness (QED) is 0.437. The van der Waals surface area contributed by atoms with Gasteiger partial charge in [-0.25, -0.2) is 4.98 Å². The number of H-pyrrole nitrogens is 1. The minimum atomic E-state index is -0.0944. The van der Waals surface area contributed by atoms with E-state index in [2.05, 4.69) is 9.97 Å². The molecule has 1 aromatic rings. The topological polar surface area (TPSA) is 71.8 Å². The summed E-state index contributed by atoms with van der Waals surface area (Å²) in [6, 6.07) is 1.70. The lowest BCUT2D eigenvalue weighted by Crippen LogP contribution is -2.14. The number of nitrogens with one attached hydrogen (secondary N) is 1. The van der Waals surface area contributed by atoms with Gasteiger partial charge in [-0.05, 0) is 19.8 Å². The maximum Gasteiger partial charge on any atom is 0.251 e. The zero-order chi connectivity index (χ0) is 11.1. The number of aromatic amines is 1. The molecule has 0 spiro atoms. The van der Waals surface area contributed by atoms with Crippen LogP contribution < -0.4 is 11.3 Å². The van der Waals surface area contributed by atoms with Gasteiger partial charge in [0, 0.05) is 24.1 Å². The number of nitrogens with two attached hydrogens (primary N) is 1. The molecular formula is C10H17N3OS. The molecule has 1 aromatic heterocycles. The molecule has 0 aromatic carbocycles. The van der Waals surface area contributed by atoms with Gasteiger partial charge in [0.05, 0.1) is 0 Å². The molecule has 0 saturated carbocycles. The second kappa shape index (κ2) is 6.63. The molecule has 0 radical (unpaired) electrons. The predicted octanol–water partition coefficient (Wildman–Crippen LogP) is 1.38. The highest BCUT2D eigenvalue weighted by Gasteiger charge is 1.97. The fourth-order valence-corrected chi connectivity index (χ4v) is 2.01. The second-order valence-electron chi connectivity index (χ2n) is 3.56. The number of thioether (sulfide) groups is 1. The van der Waals surface area contributed by atoms with Crippen LogP contribution in [0.3, 0.4) is 0 Å². The van der Waals surface area contributed by atoms with Gasteiger partial charge in [0.2, 0.25) is 0 Å². The molecule has 1 rings (SSSR count). The van der Waals surface area contributed by atoms with Crippen LogP contribution in [0.2, 0.25) is 0 Å². The summed E-state index contributed by atoms with van der Waals surface area (Å²) >= 11 is 1.58. The molecular weight excluding hydrogens is 210 g/mol. The van der Waals surface area contributed by atoms with Crippen molar-refractivity contribution >= 4 is 11.8 Å². The molecule has 1 unspecified atom stereocenters. The van der Waals surface area contributed by atoms with Gasteiger partial charge in [-0.1, -0.05) is 18.2 Å². The van der Waals surface area contributed by atoms with Gasteiger partial charge in [-0.3, -0.25) is 4.79 Å². The standard InChI is InChI=1S/C10H17N3OS/c1-8(11)4-2-3-7-15-10-12-6-5-9(14)13-10/h5-6,8H,2-4,7,11H2,1H3,(H,12,13,14). The summed E-state index contributed by atoms with van der Waals surface area (Å²) in [5.74, 6) is 0.972. The summed E-state index contributed by atoms with van der Waals surface area (Å²) in [7, 11) is 0. The van der Waals surface area contributed by atoms with E-state index in [9.17, 15) is 4.79 Å². The Labute approximate surface area is 93.7 Å². The van der Waals surface area contributed by atoms with Crippen LogP contribution in [0.15, 0.2) is 22.2 Å². The van der Waals surface area contributed by atoms with Crippen molar-refractivity contribution in [2.24, 2.45) is 5.73 Å². The van der Waals surface area contributed by atoms with Crippen molar-refractivity contribution in [3.05, 3.63) is 22.6 Å². The molecule has 4 nitrogen and oxygen atoms in total. The van der Waals surface area contributed by atoms with Gasteiger partial charge in [0.15, 0.2) is 5.16 Å². The largest absolute Gasteiger partial charge is 0.328 e. The number of hydrogen-bond donors (Lipinski definition) is 2. The zero-order valence-corrected chi connectivity index (χ0v) is 9.72. The average Bonchev–Trinajstić information content (AvgIpc) is 2.17. The normalized spacial score (nSPS) is 12.7. The van der Waals surface area contributed by atoms with Crippen molar-refractivity contribution in [3.63, 3.8) is 0 Å². The smallest absolute Gasteiger partial charge is 0.251 e. The Balaban J connectivity index is 2.18. The van der Waals surface area contributed by atoms with Crippen LogP contribution in [0.5, 0.6) is 0 Å². The molecule has 5 heteroatoms. The molecule has 0 aliphatic carbocycles. The summed E-state index contributed by atoms with van der Waals surface area (Å²) in [5, 5.41) is 0.697. The molecule has 0 saturated heterocycles. The first-order valence-electron chi connectivity index (χ1n) is 5.12. The van der Waals surface area contributed by atoms with Crippen LogP contribution >= 0.6 is 11.8 Å². The van der Waals surface area contributed by atoms with E-state index in [0.29, 0.717) is 5.16 Å². The molecule has 15 heavy (non-hydrogen) atoms. The molecule has 0 aliphatic rings. The third-order valence-electron chi connectivity index (χ3n) is 1.94. The highest BCUT2D eigenvalue weighted by atomic mass is 32.2. The Hall–Kier alpha value is -0.810. The van der Waals surface area contributed by atoms with Crippen molar-refractivity contribution in [1.82, 2.24) is 9.97 Å². The van der Waals surface area contributed by atoms with Crippen LogP contribution in [0, 0.1) is 0 Å². The number of hydrogen-bond acceptors (Lipinski definition) is 4. The van der Waals surface area contributed by atoms with Gasteiger partial charge in [0.25, 0.3) is 5.56 Å². The van der Waals surface area contributed by atoms with Gasteiger partial charge in [-0.2, -0.15) is 0 Å². The Bertz CT molecular complexity index is 337. The Kier molecular flexibility index (Phi) is 5.42. The Morgan fingerprint density at radius 3 is 3.07 bits per heavy atom. The van der Waals surface area contributed by atoms with E-state index in [-0.39, 0.29) is 11.6 Å². The van der Waals surface area contributed by atoms with E-state index in [1.54, 1.807) is 11.8 Å². The van der Waals surface area contributed by atoms with Gasteiger partial charge in [0.1, 0.15) is 0 Å². The maximum absolute atomic E-state index is 10.9. The molecule has 0 fully saturated rings. The number of rotatable bonds is 6. The summed E-state index contributed by atoms with van der Waals surface area (Å²) < 4.78 is 0. The SMILES string of the molecule is CC(N)CCCCSc1nccc(=O)[nH]1. The van der Waals surface area contributed by atoms with Gasteiger partial charge in [-0.15, -0.1) is 0 Å². The number of nitrogens with zero attached hydrogens (tertiary/aromatic N) is 1. The van der Waals surface area contributed by atoms with E-state index in [0.717, 1.165) is 25.0 Å². The molecule has 0 bridgehead atoms. The molecule has 1 atom stereocenters. The highest BCUT2D eigenvalue weighted by molar-refractivity contribution is 7.99. The molecule has 0 amide bonds. The Morgan fingerprint density at radius 2 is 2.40 bits per heavy atom. The first-order valence-corrected chi connectivity index (χ1v) is 6.11. The van der Waals surface area contributed by atoms with Crippen LogP contribution in [0.4, 0.5) is 0 Å². The summed E-state index contributed by atoms with van der Waals surface area (Å²) in [5.41, 5.74) is 5.54. The highest BCUT2D eigenvalue weighted by Crippen LogP contribution is 2.13. The summed E-state index contributed by atoms with van der Waals surface area (Å²) in [6.45, 7) is 2.02. The van der Waals surface area contributed by atoms with E-state index in [4.69, 9.17) is 5.73 Å².